The Hall–Kier alpha value is -7.74. The monoisotopic (exact) mass is 794 g/mol. The fraction of sp³-hybridized carbons (Fsp3) is 0.103. The van der Waals surface area contributed by atoms with Crippen LogP contribution in [0.2, 0.25) is 0 Å². The van der Waals surface area contributed by atoms with E-state index < -0.39 is 0 Å². The second-order valence-corrected chi connectivity index (χ2v) is 16.6. The maximum absolute atomic E-state index is 7.68. The summed E-state index contributed by atoms with van der Waals surface area (Å²) in [6.45, 7) is 7.68. The first kappa shape index (κ1) is 37.3. The zero-order valence-corrected chi connectivity index (χ0v) is 34.3. The Bertz CT molecular complexity index is 3120. The number of rotatable bonds is 7. The van der Waals surface area contributed by atoms with Gasteiger partial charge in [0.15, 0.2) is 23.2 Å². The molecule has 0 atom stereocenters. The first-order chi connectivity index (χ1) is 30.6. The summed E-state index contributed by atoms with van der Waals surface area (Å²) < 4.78 is 0. The van der Waals surface area contributed by atoms with Crippen molar-refractivity contribution in [3.8, 4) is 89.8 Å². The van der Waals surface area contributed by atoms with Crippen molar-refractivity contribution in [3.05, 3.63) is 217 Å². The smallest absolute Gasteiger partial charge is 0.187 e. The number of hydrogen-bond donors (Lipinski definition) is 0. The normalized spacial score (nSPS) is 13.6. The summed E-state index contributed by atoms with van der Waals surface area (Å²) in [5.74, 6) is 1.92. The van der Waals surface area contributed by atoms with Crippen LogP contribution in [0.15, 0.2) is 194 Å². The molecule has 1 heterocycles. The van der Waals surface area contributed by atoms with Crippen LogP contribution in [-0.4, -0.2) is 15.0 Å². The lowest BCUT2D eigenvalue weighted by molar-refractivity contribution is 0.353. The van der Waals surface area contributed by atoms with E-state index >= 15 is 0 Å². The highest BCUT2D eigenvalue weighted by molar-refractivity contribution is 5.86. The van der Waals surface area contributed by atoms with Gasteiger partial charge < -0.3 is 0 Å². The van der Waals surface area contributed by atoms with E-state index in [2.05, 4.69) is 157 Å². The lowest BCUT2D eigenvalue weighted by atomic mass is 9.67. The molecule has 62 heavy (non-hydrogen) atoms. The van der Waals surface area contributed by atoms with Crippen molar-refractivity contribution in [3.63, 3.8) is 0 Å². The van der Waals surface area contributed by atoms with Gasteiger partial charge in [0, 0.05) is 22.1 Å². The SMILES string of the molecule is [C-]#[N+]c1ccc2c(c1)C1(CCCCC1)c1cc(-c3ccc(-c4ccc(-c5cccc(-c6nc(-c7ccccc7)nc(-c7ccc(-c8ccccc8)cc7)n6)c5)cc4)cc3)ccc1-2. The Labute approximate surface area is 363 Å². The van der Waals surface area contributed by atoms with E-state index in [9.17, 15) is 0 Å². The summed E-state index contributed by atoms with van der Waals surface area (Å²) in [4.78, 5) is 18.8. The number of hydrogen-bond acceptors (Lipinski definition) is 3. The Morgan fingerprint density at radius 2 is 0.726 bits per heavy atom. The van der Waals surface area contributed by atoms with Crippen LogP contribution in [0.4, 0.5) is 5.69 Å². The molecule has 294 valence electrons. The largest absolute Gasteiger partial charge is 0.238 e. The lowest BCUT2D eigenvalue weighted by Gasteiger charge is -2.36. The van der Waals surface area contributed by atoms with Gasteiger partial charge in [0.2, 0.25) is 0 Å². The first-order valence-electron chi connectivity index (χ1n) is 21.6. The van der Waals surface area contributed by atoms with Crippen molar-refractivity contribution in [1.29, 1.82) is 0 Å². The minimum absolute atomic E-state index is 0.0100. The Balaban J connectivity index is 0.863. The van der Waals surface area contributed by atoms with Crippen LogP contribution in [0.25, 0.3) is 94.6 Å². The summed E-state index contributed by atoms with van der Waals surface area (Å²) in [5, 5.41) is 0. The van der Waals surface area contributed by atoms with Crippen LogP contribution >= 0.6 is 0 Å². The number of fused-ring (bicyclic) bond motifs is 5. The summed E-state index contributed by atoms with van der Waals surface area (Å²) in [7, 11) is 0. The molecule has 1 aromatic heterocycles. The minimum atomic E-state index is 0.0100. The Morgan fingerprint density at radius 3 is 1.29 bits per heavy atom. The number of aromatic nitrogens is 3. The van der Waals surface area contributed by atoms with Crippen LogP contribution < -0.4 is 0 Å². The van der Waals surface area contributed by atoms with Crippen LogP contribution in [-0.2, 0) is 5.41 Å². The molecule has 4 nitrogen and oxygen atoms in total. The molecule has 2 aliphatic carbocycles. The van der Waals surface area contributed by atoms with Crippen molar-refractivity contribution in [2.45, 2.75) is 37.5 Å². The topological polar surface area (TPSA) is 43.0 Å². The van der Waals surface area contributed by atoms with Crippen LogP contribution in [0, 0.1) is 6.57 Å². The second-order valence-electron chi connectivity index (χ2n) is 16.6. The van der Waals surface area contributed by atoms with E-state index in [1.165, 1.54) is 69.3 Å². The summed E-state index contributed by atoms with van der Waals surface area (Å²) >= 11 is 0. The Morgan fingerprint density at radius 1 is 0.339 bits per heavy atom. The molecular weight excluding hydrogens is 753 g/mol. The quantitative estimate of drug-likeness (QED) is 0.151. The minimum Gasteiger partial charge on any atom is -0.238 e. The van der Waals surface area contributed by atoms with Gasteiger partial charge in [-0.05, 0) is 91.7 Å². The molecule has 1 saturated carbocycles. The highest BCUT2D eigenvalue weighted by Crippen LogP contribution is 2.57. The molecule has 0 saturated heterocycles. The molecule has 0 aliphatic heterocycles. The van der Waals surface area contributed by atoms with Gasteiger partial charge in [-0.3, -0.25) is 0 Å². The third kappa shape index (κ3) is 6.79. The average Bonchev–Trinajstić information content (AvgIpc) is 3.61. The van der Waals surface area contributed by atoms with Crippen LogP contribution in [0.3, 0.4) is 0 Å². The van der Waals surface area contributed by atoms with E-state index in [-0.39, 0.29) is 5.41 Å². The van der Waals surface area contributed by atoms with Gasteiger partial charge >= 0.3 is 0 Å². The van der Waals surface area contributed by atoms with Gasteiger partial charge in [-0.25, -0.2) is 19.8 Å². The maximum atomic E-state index is 7.68. The molecule has 4 heteroatoms. The zero-order chi connectivity index (χ0) is 41.5. The molecule has 0 N–H and O–H groups in total. The first-order valence-corrected chi connectivity index (χ1v) is 21.6. The third-order valence-electron chi connectivity index (χ3n) is 13.0. The van der Waals surface area contributed by atoms with Crippen LogP contribution in [0.1, 0.15) is 43.2 Å². The van der Waals surface area contributed by atoms with Gasteiger partial charge in [-0.1, -0.05) is 201 Å². The predicted octanol–water partition coefficient (Wildman–Crippen LogP) is 15.3. The van der Waals surface area contributed by atoms with Crippen LogP contribution in [0.5, 0.6) is 0 Å². The van der Waals surface area contributed by atoms with Crippen molar-refractivity contribution in [1.82, 2.24) is 15.0 Å². The maximum Gasteiger partial charge on any atom is 0.187 e. The third-order valence-corrected chi connectivity index (χ3v) is 13.0. The highest BCUT2D eigenvalue weighted by atomic mass is 15.0. The highest BCUT2D eigenvalue weighted by Gasteiger charge is 2.43. The molecule has 9 aromatic rings. The molecule has 0 unspecified atom stereocenters. The molecular formula is C58H42N4. The van der Waals surface area contributed by atoms with E-state index in [1.54, 1.807) is 0 Å². The Kier molecular flexibility index (Phi) is 9.44. The van der Waals surface area contributed by atoms with Crippen molar-refractivity contribution in [2.75, 3.05) is 0 Å². The standard InChI is InChI=1S/C58H42N4/c1-59-50-31-33-52-51-32-30-48(37-53(51)58(54(52)38-50)34-9-4-10-35-58)44-24-20-42(21-25-44)41-18-22-43(23-19-41)47-16-11-17-49(36-47)57-61-55(45-14-7-3-8-15-45)60-56(62-57)46-28-26-40(27-29-46)39-12-5-2-6-13-39/h2-3,5-8,11-33,36-38H,4,9-10,34-35H2. The van der Waals surface area contributed by atoms with Crippen molar-refractivity contribution in [2.24, 2.45) is 0 Å². The average molecular weight is 795 g/mol. The van der Waals surface area contributed by atoms with E-state index in [0.717, 1.165) is 51.9 Å². The number of benzene rings is 8. The van der Waals surface area contributed by atoms with Gasteiger partial charge in [0.25, 0.3) is 0 Å². The van der Waals surface area contributed by atoms with Gasteiger partial charge in [-0.2, -0.15) is 0 Å². The van der Waals surface area contributed by atoms with E-state index in [1.807, 2.05) is 42.5 Å². The second kappa shape index (κ2) is 15.7. The summed E-state index contributed by atoms with van der Waals surface area (Å²) in [6.07, 6.45) is 6.04. The number of nitrogens with zero attached hydrogens (tertiary/aromatic N) is 4. The molecule has 0 amide bonds. The van der Waals surface area contributed by atoms with Gasteiger partial charge in [-0.15, -0.1) is 0 Å². The molecule has 1 fully saturated rings. The van der Waals surface area contributed by atoms with Gasteiger partial charge in [0.1, 0.15) is 0 Å². The molecule has 0 radical (unpaired) electrons. The predicted molar refractivity (Wildman–Crippen MR) is 253 cm³/mol. The zero-order valence-electron chi connectivity index (χ0n) is 34.3. The molecule has 0 bridgehead atoms. The van der Waals surface area contributed by atoms with E-state index in [0.29, 0.717) is 17.5 Å². The van der Waals surface area contributed by atoms with E-state index in [4.69, 9.17) is 21.5 Å². The van der Waals surface area contributed by atoms with Crippen molar-refractivity contribution < 1.29 is 0 Å². The van der Waals surface area contributed by atoms with Gasteiger partial charge in [0.05, 0.1) is 6.57 Å². The summed E-state index contributed by atoms with van der Waals surface area (Å²) in [6, 6.07) is 68.6. The van der Waals surface area contributed by atoms with Crippen molar-refractivity contribution >= 4 is 5.69 Å². The molecule has 1 spiro atoms. The molecule has 2 aliphatic rings. The summed E-state index contributed by atoms with van der Waals surface area (Å²) in [5.41, 5.74) is 18.4. The lowest BCUT2D eigenvalue weighted by Crippen LogP contribution is -2.28. The fourth-order valence-corrected chi connectivity index (χ4v) is 9.77. The fourth-order valence-electron chi connectivity index (χ4n) is 9.77. The molecule has 11 rings (SSSR count). The molecule has 8 aromatic carbocycles.